The van der Waals surface area contributed by atoms with Crippen molar-refractivity contribution in [3.8, 4) is 0 Å². The molecular weight excluding hydrogens is 280 g/mol. The van der Waals surface area contributed by atoms with Gasteiger partial charge in [0, 0.05) is 57.1 Å². The first-order valence-corrected chi connectivity index (χ1v) is 8.34. The quantitative estimate of drug-likeness (QED) is 0.579. The van der Waals surface area contributed by atoms with E-state index >= 15 is 0 Å². The molecule has 0 bridgehead atoms. The number of carbonyl (C=O) groups is 1. The molecule has 3 fully saturated rings. The molecular formula is C16H28N4O2. The maximum atomic E-state index is 11.6. The Labute approximate surface area is 132 Å². The summed E-state index contributed by atoms with van der Waals surface area (Å²) in [6.07, 6.45) is 4.01. The zero-order valence-corrected chi connectivity index (χ0v) is 13.8. The summed E-state index contributed by atoms with van der Waals surface area (Å²) in [5.41, 5.74) is 0.307. The van der Waals surface area contributed by atoms with Gasteiger partial charge in [-0.3, -0.25) is 9.79 Å². The molecule has 0 aliphatic carbocycles. The SMILES string of the molecule is CN=C(NCC1(C)CCOC1)N1CCCC2(CNC(=O)C2)C1. The molecule has 124 valence electrons. The van der Waals surface area contributed by atoms with Crippen LogP contribution in [-0.4, -0.2) is 63.2 Å². The van der Waals surface area contributed by atoms with Crippen molar-refractivity contribution in [1.29, 1.82) is 0 Å². The molecule has 3 heterocycles. The molecule has 1 amide bonds. The smallest absolute Gasteiger partial charge is 0.220 e. The lowest BCUT2D eigenvalue weighted by Gasteiger charge is -2.41. The number of nitrogens with zero attached hydrogens (tertiary/aromatic N) is 2. The van der Waals surface area contributed by atoms with Crippen molar-refractivity contribution in [3.05, 3.63) is 0 Å². The van der Waals surface area contributed by atoms with Crippen LogP contribution in [-0.2, 0) is 9.53 Å². The maximum Gasteiger partial charge on any atom is 0.220 e. The molecule has 6 heteroatoms. The van der Waals surface area contributed by atoms with Gasteiger partial charge in [-0.2, -0.15) is 0 Å². The van der Waals surface area contributed by atoms with Crippen LogP contribution in [0.5, 0.6) is 0 Å². The second-order valence-corrected chi connectivity index (χ2v) is 7.49. The lowest BCUT2D eigenvalue weighted by molar-refractivity contribution is -0.119. The number of hydrogen-bond acceptors (Lipinski definition) is 3. The molecule has 2 N–H and O–H groups in total. The zero-order chi connectivity index (χ0) is 15.6. The third kappa shape index (κ3) is 3.21. The number of amides is 1. The molecule has 2 unspecified atom stereocenters. The predicted octanol–water partition coefficient (Wildman–Crippen LogP) is 0.591. The van der Waals surface area contributed by atoms with E-state index < -0.39 is 0 Å². The van der Waals surface area contributed by atoms with E-state index in [1.807, 2.05) is 7.05 Å². The molecule has 6 nitrogen and oxygen atoms in total. The third-order valence-electron chi connectivity index (χ3n) is 5.34. The van der Waals surface area contributed by atoms with Crippen LogP contribution in [0.3, 0.4) is 0 Å². The van der Waals surface area contributed by atoms with Crippen LogP contribution in [0.2, 0.25) is 0 Å². The van der Waals surface area contributed by atoms with Gasteiger partial charge in [-0.1, -0.05) is 6.92 Å². The molecule has 0 aromatic rings. The van der Waals surface area contributed by atoms with Gasteiger partial charge in [0.15, 0.2) is 5.96 Å². The highest BCUT2D eigenvalue weighted by atomic mass is 16.5. The number of rotatable bonds is 2. The standard InChI is InChI=1S/C16H28N4O2/c1-15(5-7-22-12-15)9-19-14(17-2)20-6-3-4-16(11-20)8-13(21)18-10-16/h3-12H2,1-2H3,(H,17,19)(H,18,21). The predicted molar refractivity (Wildman–Crippen MR) is 85.8 cm³/mol. The summed E-state index contributed by atoms with van der Waals surface area (Å²) in [7, 11) is 1.84. The Bertz CT molecular complexity index is 459. The van der Waals surface area contributed by atoms with E-state index in [2.05, 4.69) is 27.4 Å². The second-order valence-electron chi connectivity index (χ2n) is 7.49. The monoisotopic (exact) mass is 308 g/mol. The van der Waals surface area contributed by atoms with Crippen LogP contribution < -0.4 is 10.6 Å². The van der Waals surface area contributed by atoms with Gasteiger partial charge in [0.1, 0.15) is 0 Å². The van der Waals surface area contributed by atoms with Gasteiger partial charge in [0.05, 0.1) is 6.61 Å². The number of piperidine rings is 1. The average Bonchev–Trinajstić information content (AvgIpc) is 3.07. The van der Waals surface area contributed by atoms with Crippen LogP contribution in [0.1, 0.15) is 32.6 Å². The molecule has 3 aliphatic rings. The molecule has 1 spiro atoms. The van der Waals surface area contributed by atoms with Crippen molar-refractivity contribution in [3.63, 3.8) is 0 Å². The second kappa shape index (κ2) is 6.07. The zero-order valence-electron chi connectivity index (χ0n) is 13.8. The van der Waals surface area contributed by atoms with Crippen molar-refractivity contribution in [2.75, 3.05) is 46.4 Å². The summed E-state index contributed by atoms with van der Waals surface area (Å²) >= 11 is 0. The van der Waals surface area contributed by atoms with Gasteiger partial charge in [-0.15, -0.1) is 0 Å². The molecule has 2 atom stereocenters. The summed E-state index contributed by atoms with van der Waals surface area (Å²) < 4.78 is 5.52. The summed E-state index contributed by atoms with van der Waals surface area (Å²) in [6, 6.07) is 0. The molecule has 0 saturated carbocycles. The fourth-order valence-corrected chi connectivity index (χ4v) is 3.90. The van der Waals surface area contributed by atoms with Crippen molar-refractivity contribution in [1.82, 2.24) is 15.5 Å². The van der Waals surface area contributed by atoms with Crippen LogP contribution in [0.15, 0.2) is 4.99 Å². The van der Waals surface area contributed by atoms with Gasteiger partial charge in [-0.25, -0.2) is 0 Å². The highest BCUT2D eigenvalue weighted by Crippen LogP contribution is 2.36. The van der Waals surface area contributed by atoms with E-state index in [9.17, 15) is 4.79 Å². The summed E-state index contributed by atoms with van der Waals surface area (Å²) in [4.78, 5) is 18.4. The van der Waals surface area contributed by atoms with E-state index in [4.69, 9.17) is 4.74 Å². The Morgan fingerprint density at radius 3 is 3.00 bits per heavy atom. The van der Waals surface area contributed by atoms with Gasteiger partial charge < -0.3 is 20.3 Å². The number of aliphatic imine (C=N–C) groups is 1. The molecule has 3 saturated heterocycles. The number of nitrogens with one attached hydrogen (secondary N) is 2. The van der Waals surface area contributed by atoms with Crippen molar-refractivity contribution < 1.29 is 9.53 Å². The van der Waals surface area contributed by atoms with Crippen LogP contribution >= 0.6 is 0 Å². The number of carbonyl (C=O) groups excluding carboxylic acids is 1. The Morgan fingerprint density at radius 2 is 2.36 bits per heavy atom. The Balaban J connectivity index is 1.60. The van der Waals surface area contributed by atoms with Gasteiger partial charge >= 0.3 is 0 Å². The first-order chi connectivity index (χ1) is 10.5. The highest BCUT2D eigenvalue weighted by Gasteiger charge is 2.42. The van der Waals surface area contributed by atoms with E-state index in [0.29, 0.717) is 6.42 Å². The normalized spacial score (nSPS) is 36.0. The minimum Gasteiger partial charge on any atom is -0.381 e. The summed E-state index contributed by atoms with van der Waals surface area (Å²) in [5, 5.41) is 6.53. The molecule has 22 heavy (non-hydrogen) atoms. The summed E-state index contributed by atoms with van der Waals surface area (Å²) in [6.45, 7) is 7.57. The Morgan fingerprint density at radius 1 is 1.50 bits per heavy atom. The average molecular weight is 308 g/mol. The van der Waals surface area contributed by atoms with Gasteiger partial charge in [-0.05, 0) is 19.3 Å². The molecule has 0 aromatic carbocycles. The topological polar surface area (TPSA) is 66.0 Å². The van der Waals surface area contributed by atoms with E-state index in [-0.39, 0.29) is 16.7 Å². The van der Waals surface area contributed by atoms with E-state index in [1.165, 1.54) is 0 Å². The van der Waals surface area contributed by atoms with Crippen LogP contribution in [0, 0.1) is 10.8 Å². The van der Waals surface area contributed by atoms with Gasteiger partial charge in [0.2, 0.25) is 5.91 Å². The molecule has 3 rings (SSSR count). The van der Waals surface area contributed by atoms with Crippen molar-refractivity contribution >= 4 is 11.9 Å². The van der Waals surface area contributed by atoms with Gasteiger partial charge in [0.25, 0.3) is 0 Å². The van der Waals surface area contributed by atoms with E-state index in [0.717, 1.165) is 64.6 Å². The summed E-state index contributed by atoms with van der Waals surface area (Å²) in [5.74, 6) is 1.16. The number of likely N-dealkylation sites (tertiary alicyclic amines) is 1. The number of hydrogen-bond donors (Lipinski definition) is 2. The van der Waals surface area contributed by atoms with E-state index in [1.54, 1.807) is 0 Å². The molecule has 0 radical (unpaired) electrons. The fraction of sp³-hybridized carbons (Fsp3) is 0.875. The Kier molecular flexibility index (Phi) is 4.30. The Hall–Kier alpha value is -1.30. The van der Waals surface area contributed by atoms with Crippen molar-refractivity contribution in [2.24, 2.45) is 15.8 Å². The lowest BCUT2D eigenvalue weighted by atomic mass is 9.79. The van der Waals surface area contributed by atoms with Crippen LogP contribution in [0.25, 0.3) is 0 Å². The molecule has 3 aliphatic heterocycles. The molecule has 0 aromatic heterocycles. The maximum absolute atomic E-state index is 11.6. The lowest BCUT2D eigenvalue weighted by Crippen LogP contribution is -2.52. The first-order valence-electron chi connectivity index (χ1n) is 8.34. The number of guanidine groups is 1. The highest BCUT2D eigenvalue weighted by molar-refractivity contribution is 5.81. The van der Waals surface area contributed by atoms with Crippen LogP contribution in [0.4, 0.5) is 0 Å². The first kappa shape index (κ1) is 15.6. The minimum absolute atomic E-state index is 0.104. The fourth-order valence-electron chi connectivity index (χ4n) is 3.90. The third-order valence-corrected chi connectivity index (χ3v) is 5.34. The largest absolute Gasteiger partial charge is 0.381 e. The minimum atomic E-state index is 0.104. The van der Waals surface area contributed by atoms with Crippen molar-refractivity contribution in [2.45, 2.75) is 32.6 Å². The number of ether oxygens (including phenoxy) is 1.